The summed E-state index contributed by atoms with van der Waals surface area (Å²) in [5.74, 6) is 0.236. The molecule has 0 aliphatic heterocycles. The van der Waals surface area contributed by atoms with E-state index in [0.717, 1.165) is 18.4 Å². The zero-order valence-electron chi connectivity index (χ0n) is 15.7. The van der Waals surface area contributed by atoms with E-state index in [2.05, 4.69) is 10.3 Å². The average Bonchev–Trinajstić information content (AvgIpc) is 3.52. The lowest BCUT2D eigenvalue weighted by atomic mass is 10.1. The van der Waals surface area contributed by atoms with Crippen LogP contribution in [0, 0.1) is 5.82 Å². The number of carbonyl (C=O) groups is 1. The summed E-state index contributed by atoms with van der Waals surface area (Å²) < 4.78 is 14.8. The third-order valence-corrected chi connectivity index (χ3v) is 5.12. The van der Waals surface area contributed by atoms with Gasteiger partial charge in [-0.15, -0.1) is 0 Å². The van der Waals surface area contributed by atoms with Crippen LogP contribution in [0.4, 0.5) is 4.39 Å². The first kappa shape index (κ1) is 18.3. The average molecular weight is 379 g/mol. The fourth-order valence-corrected chi connectivity index (χ4v) is 3.45. The highest BCUT2D eigenvalue weighted by molar-refractivity contribution is 5.78. The van der Waals surface area contributed by atoms with Crippen molar-refractivity contribution < 1.29 is 9.18 Å². The van der Waals surface area contributed by atoms with Gasteiger partial charge in [0.15, 0.2) is 0 Å². The van der Waals surface area contributed by atoms with E-state index in [0.29, 0.717) is 23.1 Å². The Kier molecular flexibility index (Phi) is 4.94. The van der Waals surface area contributed by atoms with E-state index in [1.54, 1.807) is 22.8 Å². The summed E-state index contributed by atoms with van der Waals surface area (Å²) in [4.78, 5) is 29.9. The summed E-state index contributed by atoms with van der Waals surface area (Å²) in [7, 11) is 0. The first-order chi connectivity index (χ1) is 13.5. The number of nitrogens with one attached hydrogen (secondary N) is 1. The molecule has 0 bridgehead atoms. The monoisotopic (exact) mass is 379 g/mol. The van der Waals surface area contributed by atoms with Gasteiger partial charge in [0.1, 0.15) is 11.6 Å². The fourth-order valence-electron chi connectivity index (χ4n) is 3.45. The van der Waals surface area contributed by atoms with E-state index < -0.39 is 0 Å². The molecule has 2 aromatic carbocycles. The smallest absolute Gasteiger partial charge is 0.261 e. The molecular formula is C22H22FN3O2. The van der Waals surface area contributed by atoms with Crippen LogP contribution in [0.25, 0.3) is 10.9 Å². The lowest BCUT2D eigenvalue weighted by molar-refractivity contribution is -0.121. The molecule has 0 spiro atoms. The number of amides is 1. The minimum Gasteiger partial charge on any atom is -0.350 e. The zero-order chi connectivity index (χ0) is 19.7. The van der Waals surface area contributed by atoms with Crippen LogP contribution in [0.3, 0.4) is 0 Å². The van der Waals surface area contributed by atoms with Crippen molar-refractivity contribution in [1.29, 1.82) is 0 Å². The lowest BCUT2D eigenvalue weighted by Gasteiger charge is -2.16. The molecule has 0 radical (unpaired) electrons. The van der Waals surface area contributed by atoms with Gasteiger partial charge in [-0.2, -0.15) is 0 Å². The maximum Gasteiger partial charge on any atom is 0.261 e. The molecule has 144 valence electrons. The molecule has 0 saturated heterocycles. The molecule has 1 unspecified atom stereocenters. The van der Waals surface area contributed by atoms with Crippen molar-refractivity contribution in [3.63, 3.8) is 0 Å². The van der Waals surface area contributed by atoms with E-state index in [9.17, 15) is 14.0 Å². The Balaban J connectivity index is 1.49. The Morgan fingerprint density at radius 3 is 2.64 bits per heavy atom. The molecule has 4 rings (SSSR count). The Hall–Kier alpha value is -3.02. The molecule has 28 heavy (non-hydrogen) atoms. The number of hydrogen-bond acceptors (Lipinski definition) is 3. The van der Waals surface area contributed by atoms with Crippen molar-refractivity contribution in [1.82, 2.24) is 14.9 Å². The van der Waals surface area contributed by atoms with Crippen molar-refractivity contribution in [2.45, 2.75) is 44.7 Å². The first-order valence-electron chi connectivity index (χ1n) is 9.58. The second-order valence-corrected chi connectivity index (χ2v) is 7.29. The minimum absolute atomic E-state index is 0.0248. The van der Waals surface area contributed by atoms with Crippen LogP contribution in [-0.4, -0.2) is 15.5 Å². The molecule has 6 heteroatoms. The normalized spacial score (nSPS) is 14.8. The molecular weight excluding hydrogens is 357 g/mol. The summed E-state index contributed by atoms with van der Waals surface area (Å²) >= 11 is 0. The SMILES string of the molecule is CC(NC(=O)CCc1nc2ccccc2c(=O)n1C1CC1)c1ccc(F)cc1. The number of halogens is 1. The Morgan fingerprint density at radius 2 is 1.93 bits per heavy atom. The summed E-state index contributed by atoms with van der Waals surface area (Å²) in [6.07, 6.45) is 2.59. The van der Waals surface area contributed by atoms with Crippen LogP contribution >= 0.6 is 0 Å². The summed E-state index contributed by atoms with van der Waals surface area (Å²) in [5, 5.41) is 3.54. The fraction of sp³-hybridized carbons (Fsp3) is 0.318. The van der Waals surface area contributed by atoms with Crippen LogP contribution in [0.1, 0.15) is 49.7 Å². The van der Waals surface area contributed by atoms with E-state index in [1.165, 1.54) is 12.1 Å². The number of aryl methyl sites for hydroxylation is 1. The Morgan fingerprint density at radius 1 is 1.21 bits per heavy atom. The molecule has 5 nitrogen and oxygen atoms in total. The number of fused-ring (bicyclic) bond motifs is 1. The molecule has 1 heterocycles. The number of rotatable bonds is 6. The number of carbonyl (C=O) groups excluding carboxylic acids is 1. The van der Waals surface area contributed by atoms with E-state index in [4.69, 9.17) is 0 Å². The quantitative estimate of drug-likeness (QED) is 0.711. The van der Waals surface area contributed by atoms with Crippen LogP contribution in [-0.2, 0) is 11.2 Å². The maximum atomic E-state index is 13.1. The summed E-state index contributed by atoms with van der Waals surface area (Å²) in [6, 6.07) is 13.4. The van der Waals surface area contributed by atoms with E-state index >= 15 is 0 Å². The number of nitrogens with zero attached hydrogens (tertiary/aromatic N) is 2. The molecule has 1 N–H and O–H groups in total. The predicted octanol–water partition coefficient (Wildman–Crippen LogP) is 3.68. The molecule has 1 fully saturated rings. The van der Waals surface area contributed by atoms with Crippen LogP contribution in [0.15, 0.2) is 53.3 Å². The van der Waals surface area contributed by atoms with Gasteiger partial charge < -0.3 is 5.32 Å². The van der Waals surface area contributed by atoms with Crippen molar-refractivity contribution in [2.75, 3.05) is 0 Å². The van der Waals surface area contributed by atoms with E-state index in [1.807, 2.05) is 25.1 Å². The van der Waals surface area contributed by atoms with Gasteiger partial charge in [0.25, 0.3) is 5.56 Å². The first-order valence-corrected chi connectivity index (χ1v) is 9.58. The lowest BCUT2D eigenvalue weighted by Crippen LogP contribution is -2.29. The molecule has 1 atom stereocenters. The topological polar surface area (TPSA) is 64.0 Å². The second-order valence-electron chi connectivity index (χ2n) is 7.29. The second kappa shape index (κ2) is 7.54. The molecule has 1 aromatic heterocycles. The number of para-hydroxylation sites is 1. The minimum atomic E-state index is -0.303. The molecule has 1 amide bonds. The van der Waals surface area contributed by atoms with E-state index in [-0.39, 0.29) is 35.8 Å². The standard InChI is InChI=1S/C22H22FN3O2/c1-14(15-6-8-16(23)9-7-15)24-21(27)13-12-20-25-19-5-3-2-4-18(19)22(28)26(20)17-10-11-17/h2-9,14,17H,10-13H2,1H3,(H,24,27). The zero-order valence-corrected chi connectivity index (χ0v) is 15.7. The molecule has 1 aliphatic carbocycles. The van der Waals surface area contributed by atoms with Gasteiger partial charge in [0.2, 0.25) is 5.91 Å². The largest absolute Gasteiger partial charge is 0.350 e. The van der Waals surface area contributed by atoms with Crippen LogP contribution < -0.4 is 10.9 Å². The predicted molar refractivity (Wildman–Crippen MR) is 106 cm³/mol. The highest BCUT2D eigenvalue weighted by Crippen LogP contribution is 2.34. The van der Waals surface area contributed by atoms with Gasteiger partial charge in [-0.25, -0.2) is 9.37 Å². The van der Waals surface area contributed by atoms with Gasteiger partial charge in [0, 0.05) is 18.9 Å². The van der Waals surface area contributed by atoms with Crippen LogP contribution in [0.2, 0.25) is 0 Å². The van der Waals surface area contributed by atoms with Gasteiger partial charge in [-0.1, -0.05) is 24.3 Å². The number of benzene rings is 2. The van der Waals surface area contributed by atoms with Gasteiger partial charge >= 0.3 is 0 Å². The Bertz CT molecular complexity index is 1070. The number of hydrogen-bond donors (Lipinski definition) is 1. The number of aromatic nitrogens is 2. The van der Waals surface area contributed by atoms with Gasteiger partial charge in [-0.05, 0) is 49.6 Å². The van der Waals surface area contributed by atoms with Gasteiger partial charge in [0.05, 0.1) is 16.9 Å². The highest BCUT2D eigenvalue weighted by Gasteiger charge is 2.28. The third-order valence-electron chi connectivity index (χ3n) is 5.12. The third kappa shape index (κ3) is 3.81. The van der Waals surface area contributed by atoms with Crippen LogP contribution in [0.5, 0.6) is 0 Å². The van der Waals surface area contributed by atoms with Crippen molar-refractivity contribution in [2.24, 2.45) is 0 Å². The summed E-state index contributed by atoms with van der Waals surface area (Å²) in [5.41, 5.74) is 1.48. The maximum absolute atomic E-state index is 13.1. The highest BCUT2D eigenvalue weighted by atomic mass is 19.1. The molecule has 1 aliphatic rings. The van der Waals surface area contributed by atoms with Crippen molar-refractivity contribution in [3.05, 3.63) is 76.1 Å². The summed E-state index contributed by atoms with van der Waals surface area (Å²) in [6.45, 7) is 1.86. The molecule has 1 saturated carbocycles. The van der Waals surface area contributed by atoms with Crippen molar-refractivity contribution >= 4 is 16.8 Å². The molecule has 3 aromatic rings. The van der Waals surface area contributed by atoms with Crippen molar-refractivity contribution in [3.8, 4) is 0 Å². The Labute approximate surface area is 162 Å². The van der Waals surface area contributed by atoms with Gasteiger partial charge in [-0.3, -0.25) is 14.2 Å².